The zero-order valence-electron chi connectivity index (χ0n) is 33.6. The van der Waals surface area contributed by atoms with Gasteiger partial charge in [-0.05, 0) is 118 Å². The van der Waals surface area contributed by atoms with Gasteiger partial charge in [0.1, 0.15) is 23.0 Å². The molecule has 56 heavy (non-hydrogen) atoms. The lowest BCUT2D eigenvalue weighted by molar-refractivity contribution is 0.0886. The second-order valence-electron chi connectivity index (χ2n) is 14.7. The molecule has 0 radical (unpaired) electrons. The molecule has 2 aromatic carbocycles. The molecular formula is C40H64N8O8. The standard InChI is InChI=1S/C40H64N8O8/c1-47(2)19-17-43-37(51)29-23-30(34(50)25-33(29)49)39(53)45-27-11-13-28(14-12-27)46-40(54)32-24-31(38(52)44-18-20-48(3)4)35(55-21-9-5-7-15-41)26-36(32)56-22-10-6-8-16-42/h23-28,49-50H,5-22,41-42H2,1-4H3,(H,43,51)(H,44,52)(H,45,53)(H,46,54). The summed E-state index contributed by atoms with van der Waals surface area (Å²) >= 11 is 0. The molecule has 16 nitrogen and oxygen atoms in total. The first-order chi connectivity index (χ1) is 26.8. The van der Waals surface area contributed by atoms with E-state index < -0.39 is 29.2 Å². The number of carbonyl (C=O) groups excluding carboxylic acids is 4. The third-order valence-electron chi connectivity index (χ3n) is 9.47. The maximum absolute atomic E-state index is 13.9. The van der Waals surface area contributed by atoms with Gasteiger partial charge in [0, 0.05) is 50.4 Å². The lowest BCUT2D eigenvalue weighted by Gasteiger charge is -2.30. The van der Waals surface area contributed by atoms with Crippen molar-refractivity contribution in [2.24, 2.45) is 11.5 Å². The molecular weight excluding hydrogens is 720 g/mol. The summed E-state index contributed by atoms with van der Waals surface area (Å²) in [5.74, 6) is -2.13. The summed E-state index contributed by atoms with van der Waals surface area (Å²) in [6.45, 7) is 3.85. The number of phenolic OH excluding ortho intramolecular Hbond substituents is 2. The van der Waals surface area contributed by atoms with E-state index in [1.807, 2.05) is 38.0 Å². The highest BCUT2D eigenvalue weighted by atomic mass is 16.5. The van der Waals surface area contributed by atoms with Crippen molar-refractivity contribution in [3.05, 3.63) is 46.5 Å². The first-order valence-electron chi connectivity index (χ1n) is 19.7. The highest BCUT2D eigenvalue weighted by Gasteiger charge is 2.28. The van der Waals surface area contributed by atoms with Crippen LogP contribution in [0.5, 0.6) is 23.0 Å². The van der Waals surface area contributed by atoms with Gasteiger partial charge >= 0.3 is 0 Å². The van der Waals surface area contributed by atoms with Crippen molar-refractivity contribution in [3.8, 4) is 23.0 Å². The van der Waals surface area contributed by atoms with E-state index >= 15 is 0 Å². The largest absolute Gasteiger partial charge is 0.507 e. The number of rotatable bonds is 24. The van der Waals surface area contributed by atoms with E-state index in [-0.39, 0.29) is 40.2 Å². The zero-order chi connectivity index (χ0) is 41.0. The molecule has 0 atom stereocenters. The molecule has 3 rings (SSSR count). The van der Waals surface area contributed by atoms with Gasteiger partial charge in [0.25, 0.3) is 23.6 Å². The first-order valence-corrected chi connectivity index (χ1v) is 19.7. The van der Waals surface area contributed by atoms with E-state index in [0.717, 1.165) is 44.6 Å². The Morgan fingerprint density at radius 2 is 0.982 bits per heavy atom. The molecule has 1 fully saturated rings. The van der Waals surface area contributed by atoms with Crippen molar-refractivity contribution in [1.82, 2.24) is 31.1 Å². The van der Waals surface area contributed by atoms with Crippen LogP contribution in [-0.2, 0) is 0 Å². The number of hydrogen-bond donors (Lipinski definition) is 8. The number of nitrogens with one attached hydrogen (secondary N) is 4. The van der Waals surface area contributed by atoms with Gasteiger partial charge in [0.05, 0.1) is 35.5 Å². The fraction of sp³-hybridized carbons (Fsp3) is 0.600. The smallest absolute Gasteiger partial charge is 0.255 e. The Bertz CT molecular complexity index is 1580. The predicted molar refractivity (Wildman–Crippen MR) is 216 cm³/mol. The molecule has 1 aliphatic rings. The van der Waals surface area contributed by atoms with E-state index in [4.69, 9.17) is 20.9 Å². The SMILES string of the molecule is CN(C)CCNC(=O)c1cc(C(=O)NC2CCC(NC(=O)c3cc(C(=O)NCCN(C)C)c(OCCCCCN)cc3OCCCCCN)CC2)c(O)cc1O. The van der Waals surface area contributed by atoms with Crippen molar-refractivity contribution < 1.29 is 38.9 Å². The first kappa shape index (κ1) is 45.7. The van der Waals surface area contributed by atoms with Crippen LogP contribution in [0.15, 0.2) is 24.3 Å². The second kappa shape index (κ2) is 24.1. The van der Waals surface area contributed by atoms with E-state index in [0.29, 0.717) is 89.7 Å². The Hall–Kier alpha value is -4.64. The van der Waals surface area contributed by atoms with Gasteiger partial charge in [-0.25, -0.2) is 0 Å². The highest BCUT2D eigenvalue weighted by Crippen LogP contribution is 2.32. The van der Waals surface area contributed by atoms with Gasteiger partial charge in [-0.2, -0.15) is 0 Å². The number of nitrogens with zero attached hydrogens (tertiary/aromatic N) is 2. The molecule has 1 aliphatic carbocycles. The molecule has 16 heteroatoms. The monoisotopic (exact) mass is 784 g/mol. The van der Waals surface area contributed by atoms with Crippen molar-refractivity contribution in [2.45, 2.75) is 76.3 Å². The van der Waals surface area contributed by atoms with Gasteiger partial charge < -0.3 is 62.2 Å². The molecule has 0 bridgehead atoms. The molecule has 0 spiro atoms. The molecule has 0 heterocycles. The molecule has 1 saturated carbocycles. The van der Waals surface area contributed by atoms with Crippen LogP contribution in [0.3, 0.4) is 0 Å². The minimum absolute atomic E-state index is 0.117. The summed E-state index contributed by atoms with van der Waals surface area (Å²) in [6, 6.07) is 4.87. The molecule has 0 unspecified atom stereocenters. The number of likely N-dealkylation sites (N-methyl/N-ethyl adjacent to an activating group) is 2. The maximum atomic E-state index is 13.9. The lowest BCUT2D eigenvalue weighted by Crippen LogP contribution is -2.44. The average molecular weight is 785 g/mol. The zero-order valence-corrected chi connectivity index (χ0v) is 33.6. The molecule has 0 saturated heterocycles. The topological polar surface area (TPSA) is 234 Å². The van der Waals surface area contributed by atoms with E-state index in [1.165, 1.54) is 12.1 Å². The number of benzene rings is 2. The van der Waals surface area contributed by atoms with Crippen LogP contribution in [0.4, 0.5) is 0 Å². The Labute approximate surface area is 331 Å². The summed E-state index contributed by atoms with van der Waals surface area (Å²) in [7, 11) is 7.55. The van der Waals surface area contributed by atoms with Gasteiger partial charge in [-0.3, -0.25) is 19.2 Å². The quantitative estimate of drug-likeness (QED) is 0.0716. The van der Waals surface area contributed by atoms with E-state index in [9.17, 15) is 29.4 Å². The van der Waals surface area contributed by atoms with E-state index in [2.05, 4.69) is 21.3 Å². The average Bonchev–Trinajstić information content (AvgIpc) is 3.15. The number of aromatic hydroxyl groups is 2. The maximum Gasteiger partial charge on any atom is 0.255 e. The fourth-order valence-electron chi connectivity index (χ4n) is 6.19. The van der Waals surface area contributed by atoms with Gasteiger partial charge in [0.15, 0.2) is 0 Å². The van der Waals surface area contributed by atoms with E-state index in [1.54, 1.807) is 6.07 Å². The van der Waals surface area contributed by atoms with Crippen LogP contribution in [0, 0.1) is 0 Å². The van der Waals surface area contributed by atoms with Crippen LogP contribution in [0.25, 0.3) is 0 Å². The van der Waals surface area contributed by atoms with Crippen LogP contribution in [0.1, 0.15) is 106 Å². The third kappa shape index (κ3) is 15.1. The van der Waals surface area contributed by atoms with Crippen LogP contribution in [-0.4, -0.2) is 136 Å². The van der Waals surface area contributed by atoms with Crippen LogP contribution < -0.4 is 42.2 Å². The number of carbonyl (C=O) groups is 4. The molecule has 4 amide bonds. The van der Waals surface area contributed by atoms with Crippen LogP contribution >= 0.6 is 0 Å². The Balaban J connectivity index is 1.73. The number of ether oxygens (including phenoxy) is 2. The Kier molecular flexibility index (Phi) is 19.7. The van der Waals surface area contributed by atoms with Gasteiger partial charge in [-0.15, -0.1) is 0 Å². The number of nitrogens with two attached hydrogens (primary N) is 2. The van der Waals surface area contributed by atoms with Crippen LogP contribution in [0.2, 0.25) is 0 Å². The third-order valence-corrected chi connectivity index (χ3v) is 9.47. The predicted octanol–water partition coefficient (Wildman–Crippen LogP) is 2.17. The van der Waals surface area contributed by atoms with Gasteiger partial charge in [-0.1, -0.05) is 0 Å². The number of hydrogen-bond acceptors (Lipinski definition) is 12. The second-order valence-corrected chi connectivity index (χ2v) is 14.7. The highest BCUT2D eigenvalue weighted by molar-refractivity contribution is 6.04. The minimum atomic E-state index is -0.580. The summed E-state index contributed by atoms with van der Waals surface area (Å²) in [4.78, 5) is 57.2. The van der Waals surface area contributed by atoms with Crippen molar-refractivity contribution in [2.75, 3.05) is 80.7 Å². The molecule has 0 aliphatic heterocycles. The van der Waals surface area contributed by atoms with Crippen molar-refractivity contribution >= 4 is 23.6 Å². The summed E-state index contributed by atoms with van der Waals surface area (Å²) in [6.07, 6.45) is 7.14. The minimum Gasteiger partial charge on any atom is -0.507 e. The number of amides is 4. The lowest BCUT2D eigenvalue weighted by atomic mass is 9.90. The summed E-state index contributed by atoms with van der Waals surface area (Å²) in [5, 5.41) is 32.4. The number of phenols is 2. The summed E-state index contributed by atoms with van der Waals surface area (Å²) in [5.41, 5.74) is 11.5. The Morgan fingerprint density at radius 3 is 1.43 bits per heavy atom. The Morgan fingerprint density at radius 1 is 0.589 bits per heavy atom. The number of unbranched alkanes of at least 4 members (excludes halogenated alkanes) is 4. The van der Waals surface area contributed by atoms with Gasteiger partial charge in [0.2, 0.25) is 0 Å². The normalized spacial score (nSPS) is 15.4. The van der Waals surface area contributed by atoms with Crippen molar-refractivity contribution in [3.63, 3.8) is 0 Å². The molecule has 0 aromatic heterocycles. The summed E-state index contributed by atoms with van der Waals surface area (Å²) < 4.78 is 12.3. The molecule has 312 valence electrons. The fourth-order valence-corrected chi connectivity index (χ4v) is 6.19. The molecule has 10 N–H and O–H groups in total. The van der Waals surface area contributed by atoms with Crippen molar-refractivity contribution in [1.29, 1.82) is 0 Å². The molecule has 2 aromatic rings.